The molecule has 2 saturated heterocycles. The fourth-order valence-electron chi connectivity index (χ4n) is 7.42. The number of aromatic nitrogens is 2. The Balaban J connectivity index is 0.000000172. The molecule has 0 radical (unpaired) electrons. The number of sulfone groups is 2. The van der Waals surface area contributed by atoms with Gasteiger partial charge in [0.1, 0.15) is 15.6 Å². The quantitative estimate of drug-likeness (QED) is 0.164. The van der Waals surface area contributed by atoms with E-state index in [0.29, 0.717) is 38.5 Å². The summed E-state index contributed by atoms with van der Waals surface area (Å²) in [4.78, 5) is 13.7. The van der Waals surface area contributed by atoms with Gasteiger partial charge in [-0.05, 0) is 117 Å². The number of halogens is 3. The number of hydrogen-bond donors (Lipinski definition) is 0. The SMILES string of the molecule is CC1CCN(c2c(S(=O)(=O)c3cccc(Cl)c3)cnc3ccc(F)cc23)CC1.Cc1ccc2ncc(S(=O)(=O)c3ccc(Cl)cc3)c(N3CCC(C)CC3)c2c1. The molecule has 0 bridgehead atoms. The largest absolute Gasteiger partial charge is 0.370 e. The fourth-order valence-corrected chi connectivity index (χ4v) is 10.7. The van der Waals surface area contributed by atoms with Crippen LogP contribution in [0.3, 0.4) is 0 Å². The topological polar surface area (TPSA) is 101 Å². The standard InChI is InChI=1S/C22H23ClN2O2S.C21H20ClFN2O2S/c1-15-9-11-25(12-10-15)22-19-13-16(2)3-8-20(19)24-14-21(22)28(26,27)18-6-4-17(23)5-7-18;1-14-7-9-25(10-8-14)21-18-12-16(23)5-6-19(18)24-13-20(21)28(26,27)17-4-2-3-15(22)11-17/h3-8,13-15H,9-12H2,1-2H3;2-6,11-14H,7-10H2,1H3. The number of rotatable bonds is 6. The Kier molecular flexibility index (Phi) is 11.6. The number of anilines is 2. The normalized spacial score (nSPS) is 15.9. The Morgan fingerprint density at radius 1 is 0.607 bits per heavy atom. The third kappa shape index (κ3) is 8.23. The van der Waals surface area contributed by atoms with E-state index in [-0.39, 0.29) is 19.6 Å². The van der Waals surface area contributed by atoms with E-state index in [1.165, 1.54) is 36.7 Å². The number of fused-ring (bicyclic) bond motifs is 2. The van der Waals surface area contributed by atoms with Gasteiger partial charge in [-0.2, -0.15) is 0 Å². The molecule has 2 aromatic heterocycles. The molecule has 2 fully saturated rings. The van der Waals surface area contributed by atoms with Crippen molar-refractivity contribution in [3.63, 3.8) is 0 Å². The molecule has 292 valence electrons. The van der Waals surface area contributed by atoms with Gasteiger partial charge in [-0.15, -0.1) is 0 Å². The number of nitrogens with zero attached hydrogens (tertiary/aromatic N) is 4. The summed E-state index contributed by atoms with van der Waals surface area (Å²) in [5.41, 5.74) is 3.77. The van der Waals surface area contributed by atoms with Gasteiger partial charge in [0, 0.05) is 59.4 Å². The molecule has 8 rings (SSSR count). The predicted octanol–water partition coefficient (Wildman–Crippen LogP) is 10.4. The zero-order valence-electron chi connectivity index (χ0n) is 31.4. The Morgan fingerprint density at radius 3 is 1.64 bits per heavy atom. The van der Waals surface area contributed by atoms with Crippen molar-refractivity contribution in [2.75, 3.05) is 36.0 Å². The van der Waals surface area contributed by atoms with E-state index < -0.39 is 25.5 Å². The molecule has 0 spiro atoms. The van der Waals surface area contributed by atoms with Crippen molar-refractivity contribution in [3.8, 4) is 0 Å². The van der Waals surface area contributed by atoms with Gasteiger partial charge < -0.3 is 9.80 Å². The van der Waals surface area contributed by atoms with Crippen molar-refractivity contribution in [2.45, 2.75) is 66.0 Å². The summed E-state index contributed by atoms with van der Waals surface area (Å²) in [5.74, 6) is 0.815. The lowest BCUT2D eigenvalue weighted by Crippen LogP contribution is -2.34. The summed E-state index contributed by atoms with van der Waals surface area (Å²) in [5, 5.41) is 2.26. The Morgan fingerprint density at radius 2 is 1.11 bits per heavy atom. The molecule has 4 aromatic carbocycles. The highest BCUT2D eigenvalue weighted by molar-refractivity contribution is 7.92. The van der Waals surface area contributed by atoms with Crippen LogP contribution in [-0.2, 0) is 19.7 Å². The molecule has 2 aliphatic rings. The van der Waals surface area contributed by atoms with Crippen LogP contribution in [-0.4, -0.2) is 53.0 Å². The molecule has 0 aliphatic carbocycles. The molecule has 56 heavy (non-hydrogen) atoms. The highest BCUT2D eigenvalue weighted by atomic mass is 35.5. The maximum absolute atomic E-state index is 14.0. The van der Waals surface area contributed by atoms with E-state index in [0.717, 1.165) is 74.0 Å². The second kappa shape index (κ2) is 16.3. The second-order valence-corrected chi connectivity index (χ2v) is 19.6. The molecule has 8 nitrogen and oxygen atoms in total. The molecular formula is C43H43Cl2FN4O4S2. The number of hydrogen-bond acceptors (Lipinski definition) is 8. The summed E-state index contributed by atoms with van der Waals surface area (Å²) >= 11 is 12.0. The third-order valence-electron chi connectivity index (χ3n) is 10.7. The minimum atomic E-state index is -3.87. The average molecular weight is 834 g/mol. The van der Waals surface area contributed by atoms with Gasteiger partial charge in [0.25, 0.3) is 0 Å². The van der Waals surface area contributed by atoms with Crippen molar-refractivity contribution in [1.82, 2.24) is 9.97 Å². The van der Waals surface area contributed by atoms with Gasteiger partial charge in [-0.3, -0.25) is 9.97 Å². The van der Waals surface area contributed by atoms with Crippen LogP contribution in [0.2, 0.25) is 10.0 Å². The number of benzene rings is 4. The van der Waals surface area contributed by atoms with Gasteiger partial charge >= 0.3 is 0 Å². The fraction of sp³-hybridized carbons (Fsp3) is 0.302. The first-order chi connectivity index (χ1) is 26.7. The van der Waals surface area contributed by atoms with E-state index in [1.54, 1.807) is 42.5 Å². The van der Waals surface area contributed by atoms with Gasteiger partial charge in [-0.1, -0.05) is 54.7 Å². The summed E-state index contributed by atoms with van der Waals surface area (Å²) in [7, 11) is -7.59. The van der Waals surface area contributed by atoms with E-state index >= 15 is 0 Å². The van der Waals surface area contributed by atoms with E-state index in [2.05, 4.69) is 28.7 Å². The van der Waals surface area contributed by atoms with Crippen LogP contribution < -0.4 is 9.80 Å². The molecule has 4 heterocycles. The van der Waals surface area contributed by atoms with E-state index in [9.17, 15) is 21.2 Å². The van der Waals surface area contributed by atoms with Crippen LogP contribution in [0.4, 0.5) is 15.8 Å². The van der Waals surface area contributed by atoms with Crippen molar-refractivity contribution in [2.24, 2.45) is 11.8 Å². The number of pyridine rings is 2. The molecular weight excluding hydrogens is 791 g/mol. The summed E-state index contributed by atoms with van der Waals surface area (Å²) < 4.78 is 67.9. The van der Waals surface area contributed by atoms with Crippen LogP contribution in [0.5, 0.6) is 0 Å². The van der Waals surface area contributed by atoms with Gasteiger partial charge in [0.2, 0.25) is 19.7 Å². The van der Waals surface area contributed by atoms with Gasteiger partial charge in [0.05, 0.1) is 32.2 Å². The Bertz CT molecular complexity index is 2630. The minimum absolute atomic E-state index is 0.0856. The Hall–Kier alpha value is -4.29. The highest BCUT2D eigenvalue weighted by Crippen LogP contribution is 2.40. The molecule has 0 atom stereocenters. The molecule has 6 aromatic rings. The maximum Gasteiger partial charge on any atom is 0.210 e. The minimum Gasteiger partial charge on any atom is -0.370 e. The zero-order chi connectivity index (χ0) is 39.8. The molecule has 0 N–H and O–H groups in total. The molecule has 0 saturated carbocycles. The lowest BCUT2D eigenvalue weighted by molar-refractivity contribution is 0.437. The van der Waals surface area contributed by atoms with Crippen LogP contribution in [0, 0.1) is 24.6 Å². The van der Waals surface area contributed by atoms with E-state index in [1.807, 2.05) is 30.0 Å². The lowest BCUT2D eigenvalue weighted by atomic mass is 9.98. The smallest absolute Gasteiger partial charge is 0.210 e. The van der Waals surface area contributed by atoms with Crippen LogP contribution in [0.25, 0.3) is 21.8 Å². The first-order valence-electron chi connectivity index (χ1n) is 18.7. The first kappa shape index (κ1) is 39.9. The monoisotopic (exact) mass is 832 g/mol. The lowest BCUT2D eigenvalue weighted by Gasteiger charge is -2.34. The van der Waals surface area contributed by atoms with E-state index in [4.69, 9.17) is 23.2 Å². The van der Waals surface area contributed by atoms with Crippen molar-refractivity contribution < 1.29 is 21.2 Å². The van der Waals surface area contributed by atoms with Crippen molar-refractivity contribution in [3.05, 3.63) is 119 Å². The summed E-state index contributed by atoms with van der Waals surface area (Å²) in [6, 6.07) is 22.8. The van der Waals surface area contributed by atoms with Crippen LogP contribution >= 0.6 is 23.2 Å². The zero-order valence-corrected chi connectivity index (χ0v) is 34.6. The maximum atomic E-state index is 14.0. The average Bonchev–Trinajstić information content (AvgIpc) is 3.18. The van der Waals surface area contributed by atoms with Crippen LogP contribution in [0.1, 0.15) is 45.1 Å². The highest BCUT2D eigenvalue weighted by Gasteiger charge is 2.30. The third-order valence-corrected chi connectivity index (χ3v) is 14.7. The van der Waals surface area contributed by atoms with Gasteiger partial charge in [-0.25, -0.2) is 21.2 Å². The Labute approximate surface area is 338 Å². The number of piperidine rings is 2. The first-order valence-corrected chi connectivity index (χ1v) is 22.4. The van der Waals surface area contributed by atoms with Crippen molar-refractivity contribution in [1.29, 1.82) is 0 Å². The van der Waals surface area contributed by atoms with Crippen molar-refractivity contribution >= 4 is 76.1 Å². The second-order valence-electron chi connectivity index (χ2n) is 14.9. The summed E-state index contributed by atoms with van der Waals surface area (Å²) in [6.07, 6.45) is 6.90. The molecule has 0 unspecified atom stereocenters. The van der Waals surface area contributed by atoms with Crippen LogP contribution in [0.15, 0.2) is 117 Å². The number of aryl methyl sites for hydroxylation is 1. The van der Waals surface area contributed by atoms with Gasteiger partial charge in [0.15, 0.2) is 0 Å². The molecule has 13 heteroatoms. The molecule has 0 amide bonds. The predicted molar refractivity (Wildman–Crippen MR) is 223 cm³/mol. The molecule has 2 aliphatic heterocycles. The summed E-state index contributed by atoms with van der Waals surface area (Å²) in [6.45, 7) is 9.57.